The number of piperazine rings is 1. The molecule has 2 amide bonds. The van der Waals surface area contributed by atoms with Gasteiger partial charge >= 0.3 is 0 Å². The molecule has 0 aliphatic carbocycles. The molecule has 0 radical (unpaired) electrons. The van der Waals surface area contributed by atoms with Gasteiger partial charge in [0.05, 0.1) is 12.8 Å². The van der Waals surface area contributed by atoms with Crippen LogP contribution in [0.2, 0.25) is 0 Å². The van der Waals surface area contributed by atoms with E-state index in [0.717, 1.165) is 30.2 Å². The van der Waals surface area contributed by atoms with Crippen LogP contribution in [0, 0.1) is 0 Å². The molecule has 1 aromatic heterocycles. The number of amides is 2. The number of anilines is 6. The lowest BCUT2D eigenvalue weighted by atomic mass is 10.2. The predicted octanol–water partition coefficient (Wildman–Crippen LogP) is 3.77. The van der Waals surface area contributed by atoms with Crippen LogP contribution in [0.3, 0.4) is 0 Å². The number of nitrogens with one attached hydrogen (secondary N) is 3. The van der Waals surface area contributed by atoms with Gasteiger partial charge in [-0.05, 0) is 42.5 Å². The third-order valence-corrected chi connectivity index (χ3v) is 5.77. The Morgan fingerprint density at radius 3 is 2.53 bits per heavy atom. The van der Waals surface area contributed by atoms with Crippen LogP contribution in [-0.2, 0) is 9.59 Å². The summed E-state index contributed by atoms with van der Waals surface area (Å²) in [5, 5.41) is 9.16. The van der Waals surface area contributed by atoms with Crippen LogP contribution in [0.1, 0.15) is 6.92 Å². The molecule has 2 heterocycles. The Labute approximate surface area is 210 Å². The van der Waals surface area contributed by atoms with Crippen LogP contribution < -0.4 is 25.6 Å². The quantitative estimate of drug-likeness (QED) is 0.412. The normalized spacial score (nSPS) is 13.1. The maximum absolute atomic E-state index is 11.6. The first-order chi connectivity index (χ1) is 17.4. The Bertz CT molecular complexity index is 1260. The van der Waals surface area contributed by atoms with Gasteiger partial charge in [0, 0.05) is 62.4 Å². The number of carbonyl (C=O) groups excluding carboxylic acids is 2. The highest BCUT2D eigenvalue weighted by molar-refractivity contribution is 5.99. The first-order valence-electron chi connectivity index (χ1n) is 11.5. The second-order valence-corrected chi connectivity index (χ2v) is 8.17. The van der Waals surface area contributed by atoms with E-state index in [1.165, 1.54) is 6.08 Å². The van der Waals surface area contributed by atoms with Gasteiger partial charge in [-0.1, -0.05) is 12.6 Å². The number of hydrogen-bond donors (Lipinski definition) is 3. The molecule has 1 aliphatic heterocycles. The summed E-state index contributed by atoms with van der Waals surface area (Å²) in [6.07, 6.45) is 2.87. The Morgan fingerprint density at radius 2 is 1.81 bits per heavy atom. The van der Waals surface area contributed by atoms with Crippen molar-refractivity contribution in [3.8, 4) is 5.75 Å². The number of methoxy groups -OCH3 is 1. The first-order valence-corrected chi connectivity index (χ1v) is 11.5. The molecular formula is C26H29N7O3. The fourth-order valence-electron chi connectivity index (χ4n) is 3.88. The fourth-order valence-corrected chi connectivity index (χ4v) is 3.88. The van der Waals surface area contributed by atoms with E-state index in [0.29, 0.717) is 36.3 Å². The predicted molar refractivity (Wildman–Crippen MR) is 141 cm³/mol. The van der Waals surface area contributed by atoms with Crippen molar-refractivity contribution >= 4 is 46.3 Å². The lowest BCUT2D eigenvalue weighted by Gasteiger charge is -2.35. The number of ether oxygens (including phenoxy) is 1. The van der Waals surface area contributed by atoms with Crippen LogP contribution >= 0.6 is 0 Å². The van der Waals surface area contributed by atoms with Crippen LogP contribution in [-0.4, -0.2) is 60.0 Å². The number of rotatable bonds is 8. The summed E-state index contributed by atoms with van der Waals surface area (Å²) in [6.45, 7) is 8.02. The minimum Gasteiger partial charge on any atom is -0.494 e. The van der Waals surface area contributed by atoms with Crippen molar-refractivity contribution in [1.82, 2.24) is 14.9 Å². The van der Waals surface area contributed by atoms with Gasteiger partial charge in [0.1, 0.15) is 11.6 Å². The van der Waals surface area contributed by atoms with Gasteiger partial charge in [-0.3, -0.25) is 9.59 Å². The molecule has 0 atom stereocenters. The van der Waals surface area contributed by atoms with E-state index in [4.69, 9.17) is 4.74 Å². The highest BCUT2D eigenvalue weighted by atomic mass is 16.5. The van der Waals surface area contributed by atoms with Gasteiger partial charge in [0.2, 0.25) is 17.8 Å². The van der Waals surface area contributed by atoms with Crippen molar-refractivity contribution in [2.45, 2.75) is 6.92 Å². The van der Waals surface area contributed by atoms with Gasteiger partial charge in [0.25, 0.3) is 0 Å². The van der Waals surface area contributed by atoms with Crippen molar-refractivity contribution in [3.63, 3.8) is 0 Å². The van der Waals surface area contributed by atoms with E-state index >= 15 is 0 Å². The number of hydrogen-bond acceptors (Lipinski definition) is 8. The molecule has 0 saturated carbocycles. The molecule has 1 fully saturated rings. The van der Waals surface area contributed by atoms with Gasteiger partial charge < -0.3 is 30.5 Å². The molecule has 0 spiro atoms. The van der Waals surface area contributed by atoms with E-state index in [1.807, 2.05) is 35.2 Å². The summed E-state index contributed by atoms with van der Waals surface area (Å²) in [6, 6.07) is 15.0. The average molecular weight is 488 g/mol. The zero-order chi connectivity index (χ0) is 25.5. The van der Waals surface area contributed by atoms with E-state index in [-0.39, 0.29) is 11.8 Å². The van der Waals surface area contributed by atoms with Crippen molar-refractivity contribution in [2.75, 3.05) is 54.1 Å². The van der Waals surface area contributed by atoms with E-state index in [2.05, 4.69) is 37.4 Å². The molecule has 3 aromatic rings. The molecule has 3 N–H and O–H groups in total. The maximum atomic E-state index is 11.6. The summed E-state index contributed by atoms with van der Waals surface area (Å²) in [4.78, 5) is 36.1. The molecule has 2 aromatic carbocycles. The summed E-state index contributed by atoms with van der Waals surface area (Å²) in [7, 11) is 1.63. The van der Waals surface area contributed by atoms with Crippen LogP contribution in [0.15, 0.2) is 67.4 Å². The Morgan fingerprint density at radius 1 is 1.03 bits per heavy atom. The number of nitrogens with zero attached hydrogens (tertiary/aromatic N) is 4. The molecule has 4 rings (SSSR count). The second-order valence-electron chi connectivity index (χ2n) is 8.17. The molecule has 1 saturated heterocycles. The molecule has 0 unspecified atom stereocenters. The van der Waals surface area contributed by atoms with E-state index in [1.54, 1.807) is 38.4 Å². The van der Waals surface area contributed by atoms with Gasteiger partial charge in [-0.25, -0.2) is 4.98 Å². The number of benzene rings is 2. The van der Waals surface area contributed by atoms with Crippen LogP contribution in [0.5, 0.6) is 5.75 Å². The van der Waals surface area contributed by atoms with E-state index < -0.39 is 0 Å². The van der Waals surface area contributed by atoms with Crippen LogP contribution in [0.4, 0.5) is 34.5 Å². The molecule has 186 valence electrons. The SMILES string of the molecule is C=CC(=O)Nc1cccc(Nc2nccc(Nc3ccc(N4CCN(C(C)=O)CC4)cc3OC)n2)c1. The second kappa shape index (κ2) is 11.2. The molecular weight excluding hydrogens is 458 g/mol. The standard InChI is InChI=1S/C26H29N7O3/c1-4-25(35)28-19-6-5-7-20(16-19)29-26-27-11-10-24(31-26)30-22-9-8-21(17-23(22)36-3)33-14-12-32(13-15-33)18(2)34/h4-11,16-17H,1,12-15H2,2-3H3,(H,28,35)(H2,27,29,30,31). The summed E-state index contributed by atoms with van der Waals surface area (Å²) in [5.74, 6) is 1.49. The van der Waals surface area contributed by atoms with Crippen LogP contribution in [0.25, 0.3) is 0 Å². The minimum atomic E-state index is -0.284. The fraction of sp³-hybridized carbons (Fsp3) is 0.231. The molecule has 36 heavy (non-hydrogen) atoms. The van der Waals surface area contributed by atoms with Crippen molar-refractivity contribution < 1.29 is 14.3 Å². The monoisotopic (exact) mass is 487 g/mol. The smallest absolute Gasteiger partial charge is 0.247 e. The van der Waals surface area contributed by atoms with Crippen molar-refractivity contribution in [3.05, 3.63) is 67.4 Å². The van der Waals surface area contributed by atoms with Crippen molar-refractivity contribution in [1.29, 1.82) is 0 Å². The number of aromatic nitrogens is 2. The third kappa shape index (κ3) is 6.09. The van der Waals surface area contributed by atoms with Gasteiger partial charge in [0.15, 0.2) is 0 Å². The Balaban J connectivity index is 1.45. The molecule has 0 bridgehead atoms. The summed E-state index contributed by atoms with van der Waals surface area (Å²) >= 11 is 0. The topological polar surface area (TPSA) is 112 Å². The highest BCUT2D eigenvalue weighted by Crippen LogP contribution is 2.32. The zero-order valence-electron chi connectivity index (χ0n) is 20.3. The zero-order valence-corrected chi connectivity index (χ0v) is 20.3. The average Bonchev–Trinajstić information content (AvgIpc) is 2.89. The lowest BCUT2D eigenvalue weighted by Crippen LogP contribution is -2.48. The maximum Gasteiger partial charge on any atom is 0.247 e. The minimum absolute atomic E-state index is 0.109. The molecule has 1 aliphatic rings. The van der Waals surface area contributed by atoms with Gasteiger partial charge in [-0.15, -0.1) is 0 Å². The molecule has 10 nitrogen and oxygen atoms in total. The van der Waals surface area contributed by atoms with Gasteiger partial charge in [-0.2, -0.15) is 4.98 Å². The highest BCUT2D eigenvalue weighted by Gasteiger charge is 2.19. The first kappa shape index (κ1) is 24.5. The largest absolute Gasteiger partial charge is 0.494 e. The lowest BCUT2D eigenvalue weighted by molar-refractivity contribution is -0.129. The third-order valence-electron chi connectivity index (χ3n) is 5.77. The van der Waals surface area contributed by atoms with Crippen molar-refractivity contribution in [2.24, 2.45) is 0 Å². The molecule has 10 heteroatoms. The van der Waals surface area contributed by atoms with E-state index in [9.17, 15) is 9.59 Å². The number of carbonyl (C=O) groups is 2. The summed E-state index contributed by atoms with van der Waals surface area (Å²) < 4.78 is 5.63. The Hall–Kier alpha value is -4.60. The Kier molecular flexibility index (Phi) is 7.64. The summed E-state index contributed by atoms with van der Waals surface area (Å²) in [5.41, 5.74) is 3.16.